The SMILES string of the molecule is Cc1nnc(N2CC(N3CCNCC3)C2)c2ccccc12. The maximum absolute atomic E-state index is 4.45. The summed E-state index contributed by atoms with van der Waals surface area (Å²) in [4.78, 5) is 4.96. The Bertz CT molecular complexity index is 644. The molecule has 0 atom stereocenters. The second kappa shape index (κ2) is 5.24. The van der Waals surface area contributed by atoms with Crippen LogP contribution in [-0.4, -0.2) is 60.4 Å². The van der Waals surface area contributed by atoms with E-state index in [2.05, 4.69) is 49.6 Å². The fourth-order valence-electron chi connectivity index (χ4n) is 3.36. The van der Waals surface area contributed by atoms with Crippen molar-refractivity contribution in [1.29, 1.82) is 0 Å². The summed E-state index contributed by atoms with van der Waals surface area (Å²) in [5.41, 5.74) is 1.01. The van der Waals surface area contributed by atoms with Crippen LogP contribution in [0.2, 0.25) is 0 Å². The summed E-state index contributed by atoms with van der Waals surface area (Å²) >= 11 is 0. The zero-order chi connectivity index (χ0) is 14.2. The monoisotopic (exact) mass is 283 g/mol. The van der Waals surface area contributed by atoms with Crippen LogP contribution in [0.3, 0.4) is 0 Å². The summed E-state index contributed by atoms with van der Waals surface area (Å²) in [7, 11) is 0. The third kappa shape index (κ3) is 2.26. The van der Waals surface area contributed by atoms with Crippen LogP contribution in [0.1, 0.15) is 5.69 Å². The summed E-state index contributed by atoms with van der Waals surface area (Å²) in [6.45, 7) is 8.73. The largest absolute Gasteiger partial charge is 0.351 e. The first-order valence-electron chi connectivity index (χ1n) is 7.74. The average molecular weight is 283 g/mol. The molecule has 2 aliphatic rings. The zero-order valence-corrected chi connectivity index (χ0v) is 12.4. The number of anilines is 1. The molecule has 2 aromatic rings. The van der Waals surface area contributed by atoms with Gasteiger partial charge in [0.1, 0.15) is 0 Å². The number of rotatable bonds is 2. The molecule has 1 aromatic heterocycles. The maximum atomic E-state index is 4.45. The van der Waals surface area contributed by atoms with E-state index >= 15 is 0 Å². The van der Waals surface area contributed by atoms with Gasteiger partial charge < -0.3 is 10.2 Å². The van der Waals surface area contributed by atoms with Crippen molar-refractivity contribution in [2.24, 2.45) is 0 Å². The molecule has 0 saturated carbocycles. The van der Waals surface area contributed by atoms with Crippen LogP contribution < -0.4 is 10.2 Å². The molecular weight excluding hydrogens is 262 g/mol. The first kappa shape index (κ1) is 13.0. The molecule has 0 bridgehead atoms. The number of fused-ring (bicyclic) bond motifs is 1. The highest BCUT2D eigenvalue weighted by Crippen LogP contribution is 2.29. The average Bonchev–Trinajstić information content (AvgIpc) is 2.49. The molecule has 5 nitrogen and oxygen atoms in total. The molecule has 2 fully saturated rings. The van der Waals surface area contributed by atoms with Crippen LogP contribution in [0.4, 0.5) is 5.82 Å². The minimum absolute atomic E-state index is 0.675. The van der Waals surface area contributed by atoms with Crippen molar-refractivity contribution < 1.29 is 0 Å². The summed E-state index contributed by atoms with van der Waals surface area (Å²) < 4.78 is 0. The Kier molecular flexibility index (Phi) is 3.24. The number of benzene rings is 1. The third-order valence-electron chi connectivity index (χ3n) is 4.68. The number of hydrogen-bond donors (Lipinski definition) is 1. The summed E-state index contributed by atoms with van der Waals surface area (Å²) in [5, 5.41) is 14.6. The quantitative estimate of drug-likeness (QED) is 0.892. The molecule has 21 heavy (non-hydrogen) atoms. The standard InChI is InChI=1S/C16H21N5/c1-12-14-4-2-3-5-15(14)16(19-18-12)21-10-13(11-21)20-8-6-17-7-9-20/h2-5,13,17H,6-11H2,1H3. The lowest BCUT2D eigenvalue weighted by molar-refractivity contribution is 0.147. The highest BCUT2D eigenvalue weighted by atomic mass is 15.4. The fourth-order valence-corrected chi connectivity index (χ4v) is 3.36. The Morgan fingerprint density at radius 1 is 1.05 bits per heavy atom. The Hall–Kier alpha value is -1.72. The number of piperazine rings is 1. The first-order valence-corrected chi connectivity index (χ1v) is 7.74. The smallest absolute Gasteiger partial charge is 0.159 e. The van der Waals surface area contributed by atoms with Crippen LogP contribution in [0.15, 0.2) is 24.3 Å². The van der Waals surface area contributed by atoms with Crippen LogP contribution in [0.5, 0.6) is 0 Å². The van der Waals surface area contributed by atoms with E-state index in [-0.39, 0.29) is 0 Å². The number of aryl methyl sites for hydroxylation is 1. The van der Waals surface area contributed by atoms with E-state index in [1.165, 1.54) is 23.9 Å². The Balaban J connectivity index is 1.55. The lowest BCUT2D eigenvalue weighted by Crippen LogP contribution is -2.63. The topological polar surface area (TPSA) is 44.3 Å². The minimum atomic E-state index is 0.675. The Labute approximate surface area is 124 Å². The van der Waals surface area contributed by atoms with Gasteiger partial charge in [-0.25, -0.2) is 0 Å². The molecule has 0 spiro atoms. The van der Waals surface area contributed by atoms with E-state index in [1.807, 2.05) is 6.92 Å². The maximum Gasteiger partial charge on any atom is 0.159 e. The van der Waals surface area contributed by atoms with Crippen molar-refractivity contribution in [3.63, 3.8) is 0 Å². The normalized spacial score (nSPS) is 20.7. The molecule has 3 heterocycles. The van der Waals surface area contributed by atoms with Gasteiger partial charge in [-0.15, -0.1) is 5.10 Å². The second-order valence-corrected chi connectivity index (χ2v) is 6.00. The van der Waals surface area contributed by atoms with E-state index in [0.717, 1.165) is 37.7 Å². The number of nitrogens with zero attached hydrogens (tertiary/aromatic N) is 4. The molecule has 2 aliphatic heterocycles. The van der Waals surface area contributed by atoms with Gasteiger partial charge in [-0.05, 0) is 6.92 Å². The second-order valence-electron chi connectivity index (χ2n) is 6.00. The van der Waals surface area contributed by atoms with Gasteiger partial charge in [0, 0.05) is 56.1 Å². The lowest BCUT2D eigenvalue weighted by atomic mass is 10.0. The van der Waals surface area contributed by atoms with Crippen molar-refractivity contribution in [3.8, 4) is 0 Å². The predicted molar refractivity (Wildman–Crippen MR) is 84.7 cm³/mol. The van der Waals surface area contributed by atoms with Crippen LogP contribution in [0, 0.1) is 6.92 Å². The van der Waals surface area contributed by atoms with E-state index in [9.17, 15) is 0 Å². The van der Waals surface area contributed by atoms with Gasteiger partial charge in [-0.1, -0.05) is 24.3 Å². The van der Waals surface area contributed by atoms with Gasteiger partial charge in [0.25, 0.3) is 0 Å². The highest BCUT2D eigenvalue weighted by molar-refractivity contribution is 5.93. The molecule has 5 heteroatoms. The molecule has 1 aromatic carbocycles. The van der Waals surface area contributed by atoms with Gasteiger partial charge in [0.15, 0.2) is 5.82 Å². The summed E-state index contributed by atoms with van der Waals surface area (Å²) in [5.74, 6) is 1.04. The molecule has 0 aliphatic carbocycles. The van der Waals surface area contributed by atoms with Gasteiger partial charge in [0.05, 0.1) is 5.69 Å². The zero-order valence-electron chi connectivity index (χ0n) is 12.4. The van der Waals surface area contributed by atoms with Crippen LogP contribution in [-0.2, 0) is 0 Å². The molecule has 0 unspecified atom stereocenters. The van der Waals surface area contributed by atoms with Crippen molar-refractivity contribution in [1.82, 2.24) is 20.4 Å². The number of nitrogens with one attached hydrogen (secondary N) is 1. The fraction of sp³-hybridized carbons (Fsp3) is 0.500. The molecular formula is C16H21N5. The van der Waals surface area contributed by atoms with E-state index < -0.39 is 0 Å². The molecule has 110 valence electrons. The van der Waals surface area contributed by atoms with E-state index in [1.54, 1.807) is 0 Å². The molecule has 2 saturated heterocycles. The van der Waals surface area contributed by atoms with E-state index in [0.29, 0.717) is 6.04 Å². The third-order valence-corrected chi connectivity index (χ3v) is 4.68. The van der Waals surface area contributed by atoms with Crippen molar-refractivity contribution >= 4 is 16.6 Å². The molecule has 0 amide bonds. The predicted octanol–water partition coefficient (Wildman–Crippen LogP) is 1.03. The van der Waals surface area contributed by atoms with Crippen LogP contribution in [0.25, 0.3) is 10.8 Å². The van der Waals surface area contributed by atoms with Gasteiger partial charge in [0.2, 0.25) is 0 Å². The van der Waals surface area contributed by atoms with Gasteiger partial charge in [-0.3, -0.25) is 4.90 Å². The highest BCUT2D eigenvalue weighted by Gasteiger charge is 2.34. The van der Waals surface area contributed by atoms with Crippen LogP contribution >= 0.6 is 0 Å². The molecule has 0 radical (unpaired) electrons. The van der Waals surface area contributed by atoms with Gasteiger partial charge in [-0.2, -0.15) is 5.10 Å². The van der Waals surface area contributed by atoms with Crippen molar-refractivity contribution in [2.75, 3.05) is 44.2 Å². The van der Waals surface area contributed by atoms with Crippen molar-refractivity contribution in [3.05, 3.63) is 30.0 Å². The first-order chi connectivity index (χ1) is 10.3. The summed E-state index contributed by atoms with van der Waals surface area (Å²) in [6, 6.07) is 9.12. The van der Waals surface area contributed by atoms with Crippen molar-refractivity contribution in [2.45, 2.75) is 13.0 Å². The Morgan fingerprint density at radius 3 is 2.52 bits per heavy atom. The molecule has 4 rings (SSSR count). The number of aromatic nitrogens is 2. The lowest BCUT2D eigenvalue weighted by Gasteiger charge is -2.47. The van der Waals surface area contributed by atoms with Gasteiger partial charge >= 0.3 is 0 Å². The number of hydrogen-bond acceptors (Lipinski definition) is 5. The Morgan fingerprint density at radius 2 is 1.76 bits per heavy atom. The van der Waals surface area contributed by atoms with E-state index in [4.69, 9.17) is 0 Å². The molecule has 1 N–H and O–H groups in total. The minimum Gasteiger partial charge on any atom is -0.351 e. The summed E-state index contributed by atoms with van der Waals surface area (Å²) in [6.07, 6.45) is 0.